The molecule has 0 spiro atoms. The Morgan fingerprint density at radius 2 is 1.60 bits per heavy atom. The Labute approximate surface area is 285 Å². The number of nitro benzene ring substituents is 1. The highest BCUT2D eigenvalue weighted by Gasteiger charge is 2.51. The minimum atomic E-state index is -0.778. The van der Waals surface area contributed by atoms with E-state index in [4.69, 9.17) is 9.47 Å². The molecule has 5 aliphatic rings. The number of halogens is 1. The summed E-state index contributed by atoms with van der Waals surface area (Å²) in [5.41, 5.74) is 2.96. The quantitative estimate of drug-likeness (QED) is 0.0800. The van der Waals surface area contributed by atoms with E-state index in [1.807, 2.05) is 19.1 Å². The number of imide groups is 2. The fraction of sp³-hybridized carbons (Fsp3) is 0.361. The van der Waals surface area contributed by atoms with Crippen molar-refractivity contribution in [2.75, 3.05) is 11.5 Å². The monoisotopic (exact) mass is 747 g/mol. The number of carbonyl (C=O) groups is 3. The van der Waals surface area contributed by atoms with Gasteiger partial charge in [-0.3, -0.25) is 25.0 Å². The third-order valence-corrected chi connectivity index (χ3v) is 10.9. The largest absolute Gasteiger partial charge is 0.490 e. The number of nitrogens with one attached hydrogen (secondary N) is 1. The lowest BCUT2D eigenvalue weighted by atomic mass is 9.48. The van der Waals surface area contributed by atoms with E-state index in [0.29, 0.717) is 32.9 Å². The summed E-state index contributed by atoms with van der Waals surface area (Å²) < 4.78 is 12.6. The van der Waals surface area contributed by atoms with Gasteiger partial charge in [-0.2, -0.15) is 0 Å². The van der Waals surface area contributed by atoms with Crippen LogP contribution in [0.5, 0.6) is 11.5 Å². The number of carbonyl (C=O) groups excluding carboxylic acids is 3. The van der Waals surface area contributed by atoms with Crippen LogP contribution in [0.2, 0.25) is 0 Å². The van der Waals surface area contributed by atoms with Crippen molar-refractivity contribution < 1.29 is 28.8 Å². The molecule has 5 fully saturated rings. The summed E-state index contributed by atoms with van der Waals surface area (Å²) >= 11 is 2.09. The molecule has 0 atom stereocenters. The molecule has 1 N–H and O–H groups in total. The van der Waals surface area contributed by atoms with Crippen LogP contribution < -0.4 is 19.7 Å². The second-order valence-electron chi connectivity index (χ2n) is 13.2. The van der Waals surface area contributed by atoms with Gasteiger partial charge in [0.15, 0.2) is 11.5 Å². The Balaban J connectivity index is 1.12. The van der Waals surface area contributed by atoms with Crippen LogP contribution in [0.1, 0.15) is 62.1 Å². The minimum absolute atomic E-state index is 0.00757. The molecule has 10 nitrogen and oxygen atoms in total. The number of rotatable bonds is 9. The van der Waals surface area contributed by atoms with Gasteiger partial charge < -0.3 is 9.47 Å². The number of nitro groups is 1. The number of amides is 4. The van der Waals surface area contributed by atoms with Gasteiger partial charge in [-0.05, 0) is 150 Å². The molecule has 0 radical (unpaired) electrons. The van der Waals surface area contributed by atoms with Crippen molar-refractivity contribution in [3.63, 3.8) is 0 Å². The van der Waals surface area contributed by atoms with Crippen LogP contribution in [0.4, 0.5) is 16.2 Å². The summed E-state index contributed by atoms with van der Waals surface area (Å²) in [6, 6.07) is 16.5. The maximum Gasteiger partial charge on any atom is 0.335 e. The lowest BCUT2D eigenvalue weighted by Gasteiger charge is -2.57. The maximum absolute atomic E-state index is 13.7. The number of ether oxygens (including phenoxy) is 2. The highest BCUT2D eigenvalue weighted by atomic mass is 127. The van der Waals surface area contributed by atoms with Crippen LogP contribution in [0.3, 0.4) is 0 Å². The molecule has 3 aromatic rings. The standard InChI is InChI=1S/C36H34IN3O7/c1-2-46-31-16-22(15-30(37)32(31)47-20-21-3-7-28(8-4-21)40(44)45)14-29-33(41)38-35(43)39(34(29)42)27-9-5-26(6-10-27)36-17-23-11-24(18-36)13-25(12-23)19-36/h3-10,14-16,23-25H,2,11-13,17-20H2,1H3,(H,38,41,43)/b29-14+. The SMILES string of the molecule is CCOc1cc(/C=C2\C(=O)NC(=O)N(c3ccc(C45CC6CC(CC(C6)C4)C5)cc3)C2=O)cc(I)c1OCc1ccc([N+](=O)[O-])cc1. The van der Waals surface area contributed by atoms with E-state index in [2.05, 4.69) is 40.0 Å². The zero-order valence-corrected chi connectivity index (χ0v) is 28.0. The molecule has 1 saturated heterocycles. The van der Waals surface area contributed by atoms with Crippen LogP contribution in [-0.2, 0) is 21.6 Å². The van der Waals surface area contributed by atoms with Crippen LogP contribution in [0.15, 0.2) is 66.2 Å². The zero-order valence-electron chi connectivity index (χ0n) is 25.9. The van der Waals surface area contributed by atoms with E-state index in [9.17, 15) is 24.5 Å². The van der Waals surface area contributed by atoms with E-state index in [1.165, 1.54) is 62.3 Å². The third kappa shape index (κ3) is 6.01. The Kier molecular flexibility index (Phi) is 8.27. The predicted molar refractivity (Wildman–Crippen MR) is 183 cm³/mol. The van der Waals surface area contributed by atoms with Crippen LogP contribution in [0.25, 0.3) is 6.08 Å². The van der Waals surface area contributed by atoms with E-state index >= 15 is 0 Å². The van der Waals surface area contributed by atoms with Crippen molar-refractivity contribution >= 4 is 57.9 Å². The molecule has 11 heteroatoms. The first-order chi connectivity index (χ1) is 22.6. The average molecular weight is 748 g/mol. The average Bonchev–Trinajstić information content (AvgIpc) is 3.02. The number of benzene rings is 3. The minimum Gasteiger partial charge on any atom is -0.490 e. The highest BCUT2D eigenvalue weighted by molar-refractivity contribution is 14.1. The van der Waals surface area contributed by atoms with E-state index < -0.39 is 22.8 Å². The molecule has 1 heterocycles. The van der Waals surface area contributed by atoms with Gasteiger partial charge in [-0.25, -0.2) is 9.69 Å². The smallest absolute Gasteiger partial charge is 0.335 e. The number of barbiturate groups is 1. The molecule has 4 bridgehead atoms. The molecule has 4 amide bonds. The maximum atomic E-state index is 13.7. The molecule has 242 valence electrons. The van der Waals surface area contributed by atoms with Crippen molar-refractivity contribution in [3.8, 4) is 11.5 Å². The first kappa shape index (κ1) is 31.3. The zero-order chi connectivity index (χ0) is 32.9. The predicted octanol–water partition coefficient (Wildman–Crippen LogP) is 7.31. The van der Waals surface area contributed by atoms with Crippen molar-refractivity contribution in [1.29, 1.82) is 0 Å². The second-order valence-corrected chi connectivity index (χ2v) is 14.3. The summed E-state index contributed by atoms with van der Waals surface area (Å²) in [7, 11) is 0. The number of urea groups is 1. The first-order valence-corrected chi connectivity index (χ1v) is 17.0. The summed E-state index contributed by atoms with van der Waals surface area (Å²) in [5.74, 6) is 1.80. The van der Waals surface area contributed by atoms with Gasteiger partial charge >= 0.3 is 6.03 Å². The number of anilines is 1. The van der Waals surface area contributed by atoms with Gasteiger partial charge in [0.25, 0.3) is 17.5 Å². The highest BCUT2D eigenvalue weighted by Crippen LogP contribution is 2.60. The van der Waals surface area contributed by atoms with E-state index in [1.54, 1.807) is 24.3 Å². The fourth-order valence-corrected chi connectivity index (χ4v) is 9.21. The van der Waals surface area contributed by atoms with Crippen molar-refractivity contribution in [1.82, 2.24) is 5.32 Å². The molecular formula is C36H34IN3O7. The molecule has 1 aliphatic heterocycles. The fourth-order valence-electron chi connectivity index (χ4n) is 8.43. The first-order valence-electron chi connectivity index (χ1n) is 16.0. The number of hydrogen-bond donors (Lipinski definition) is 1. The van der Waals surface area contributed by atoms with Crippen LogP contribution >= 0.6 is 22.6 Å². The molecule has 0 aromatic heterocycles. The molecule has 4 saturated carbocycles. The van der Waals surface area contributed by atoms with Gasteiger partial charge in [0.1, 0.15) is 12.2 Å². The Bertz CT molecular complexity index is 1770. The van der Waals surface area contributed by atoms with Gasteiger partial charge in [0.2, 0.25) is 0 Å². The lowest BCUT2D eigenvalue weighted by molar-refractivity contribution is -0.384. The summed E-state index contributed by atoms with van der Waals surface area (Å²) in [6.45, 7) is 2.31. The topological polar surface area (TPSA) is 128 Å². The summed E-state index contributed by atoms with van der Waals surface area (Å²) in [4.78, 5) is 51.2. The number of nitrogens with zero attached hydrogens (tertiary/aromatic N) is 2. The molecule has 4 aliphatic carbocycles. The van der Waals surface area contributed by atoms with Crippen LogP contribution in [0, 0.1) is 31.4 Å². The molecule has 3 aromatic carbocycles. The van der Waals surface area contributed by atoms with E-state index in [0.717, 1.165) is 28.2 Å². The molecule has 47 heavy (non-hydrogen) atoms. The molecular weight excluding hydrogens is 713 g/mol. The van der Waals surface area contributed by atoms with Crippen LogP contribution in [-0.4, -0.2) is 29.4 Å². The summed E-state index contributed by atoms with van der Waals surface area (Å²) in [5, 5.41) is 13.3. The Hall–Kier alpha value is -4.26. The van der Waals surface area contributed by atoms with Gasteiger partial charge in [0.05, 0.1) is 20.8 Å². The normalized spacial score (nSPS) is 25.7. The van der Waals surface area contributed by atoms with Crippen molar-refractivity contribution in [2.24, 2.45) is 17.8 Å². The van der Waals surface area contributed by atoms with Crippen molar-refractivity contribution in [2.45, 2.75) is 57.5 Å². The molecule has 8 rings (SSSR count). The van der Waals surface area contributed by atoms with E-state index in [-0.39, 0.29) is 23.3 Å². The lowest BCUT2D eigenvalue weighted by Crippen LogP contribution is -2.54. The Morgan fingerprint density at radius 1 is 0.957 bits per heavy atom. The molecule has 0 unspecified atom stereocenters. The van der Waals surface area contributed by atoms with Gasteiger partial charge in [-0.15, -0.1) is 0 Å². The summed E-state index contributed by atoms with van der Waals surface area (Å²) in [6.07, 6.45) is 9.15. The Morgan fingerprint density at radius 3 is 2.19 bits per heavy atom. The van der Waals surface area contributed by atoms with Gasteiger partial charge in [-0.1, -0.05) is 12.1 Å². The second kappa shape index (κ2) is 12.4. The van der Waals surface area contributed by atoms with Crippen molar-refractivity contribution in [3.05, 3.63) is 96.6 Å². The van der Waals surface area contributed by atoms with Gasteiger partial charge in [0, 0.05) is 12.1 Å². The number of hydrogen-bond acceptors (Lipinski definition) is 7. The number of non-ortho nitro benzene ring substituents is 1. The third-order valence-electron chi connectivity index (χ3n) is 10.1.